The molecule has 4 unspecified atom stereocenters. The van der Waals surface area contributed by atoms with Crippen LogP contribution in [0.4, 0.5) is 0 Å². The fourth-order valence-electron chi connectivity index (χ4n) is 9.60. The lowest BCUT2D eigenvalue weighted by molar-refractivity contribution is 0.344. The Balaban J connectivity index is 0.000000278. The minimum atomic E-state index is -3.86. The van der Waals surface area contributed by atoms with Crippen LogP contribution in [0, 0.1) is 11.3 Å². The Kier molecular flexibility index (Phi) is 16.0. The molecule has 0 aliphatic carbocycles. The second-order valence-corrected chi connectivity index (χ2v) is 25.9. The van der Waals surface area contributed by atoms with Crippen molar-refractivity contribution in [2.24, 2.45) is 11.3 Å². The maximum absolute atomic E-state index is 15.9. The molecule has 0 saturated carbocycles. The van der Waals surface area contributed by atoms with Crippen LogP contribution in [0.15, 0.2) is 193 Å². The van der Waals surface area contributed by atoms with Crippen molar-refractivity contribution in [2.45, 2.75) is 68.0 Å². The molecule has 0 bridgehead atoms. The summed E-state index contributed by atoms with van der Waals surface area (Å²) in [5, 5.41) is 24.0. The molecule has 3 heterocycles. The highest BCUT2D eigenvalue weighted by Gasteiger charge is 2.54. The van der Waals surface area contributed by atoms with E-state index in [4.69, 9.17) is 13.6 Å². The van der Waals surface area contributed by atoms with Gasteiger partial charge in [0.25, 0.3) is 22.1 Å². The largest absolute Gasteiger partial charge is 0.508 e. The minimum Gasteiger partial charge on any atom is -0.508 e. The fourth-order valence-corrected chi connectivity index (χ4v) is 17.1. The van der Waals surface area contributed by atoms with Crippen LogP contribution in [0.25, 0.3) is 33.4 Å². The lowest BCUT2D eigenvalue weighted by atomic mass is 9.76. The maximum atomic E-state index is 15.9. The Morgan fingerprint density at radius 2 is 0.958 bits per heavy atom. The number of para-hydroxylation sites is 4. The molecule has 368 valence electrons. The first kappa shape index (κ1) is 52.5. The van der Waals surface area contributed by atoms with Gasteiger partial charge < -0.3 is 23.8 Å². The zero-order chi connectivity index (χ0) is 51.3. The van der Waals surface area contributed by atoms with E-state index in [1.165, 1.54) is 0 Å². The lowest BCUT2D eigenvalue weighted by Gasteiger charge is -2.43. The first-order valence-corrected chi connectivity index (χ1v) is 29.7. The molecule has 7 aromatic carbocycles. The standard InChI is InChI=1S/C41H38O6P2.C13H11O2P.C4H10.C2H6/c1-5-33(39-27(2)26-48(44,47-39)37-24-14-9-18-30(37)28-16-6-11-21-34(28)42)41(3,4)40(32-20-7-12-22-35(32)43)49(45)38-25-15-10-19-31(38)29-17-8-13-23-36(29)46-49;1-16(14)13-9-5-3-7-11(13)10-6-2-4-8-12(10)15-16;1-4(2)3;1-2/h5-25,40,42-43H,26H2,1-4H3;2-9H,1H3;4H,1-3H3;1-2H3/b33-5+;;;. The molecule has 71 heavy (non-hydrogen) atoms. The quantitative estimate of drug-likeness (QED) is 0.152. The van der Waals surface area contributed by atoms with Crippen molar-refractivity contribution >= 4 is 38.0 Å². The molecule has 0 spiro atoms. The maximum Gasteiger partial charge on any atom is 0.286 e. The zero-order valence-corrected chi connectivity index (χ0v) is 45.0. The zero-order valence-electron chi connectivity index (χ0n) is 42.3. The van der Waals surface area contributed by atoms with Crippen LogP contribution >= 0.6 is 22.1 Å². The van der Waals surface area contributed by atoms with E-state index < -0.39 is 33.2 Å². The van der Waals surface area contributed by atoms with E-state index in [0.717, 1.165) is 39.0 Å². The minimum absolute atomic E-state index is 0.00602. The van der Waals surface area contributed by atoms with Crippen LogP contribution in [0.2, 0.25) is 0 Å². The van der Waals surface area contributed by atoms with Gasteiger partial charge in [-0.25, -0.2) is 0 Å². The summed E-state index contributed by atoms with van der Waals surface area (Å²) in [7, 11) is -10.1. The molecule has 0 amide bonds. The molecule has 0 fully saturated rings. The molecule has 10 rings (SSSR count). The molecule has 3 aliphatic rings. The predicted octanol–water partition coefficient (Wildman–Crippen LogP) is 16.3. The summed E-state index contributed by atoms with van der Waals surface area (Å²) in [4.78, 5) is 0. The third-order valence-electron chi connectivity index (χ3n) is 12.5. The van der Waals surface area contributed by atoms with Crippen molar-refractivity contribution in [2.75, 3.05) is 12.8 Å². The SMILES string of the molecule is C/C=C(\C1=C(C)CP(=O)(c2ccccc2-c2ccccc2O)O1)C(C)(C)C(c1ccccc1O)P1(=O)Oc2ccccc2-c2ccccc21.CC.CC(C)C.CP1(=O)Oc2ccccc2-c2ccccc21. The van der Waals surface area contributed by atoms with Gasteiger partial charge in [-0.1, -0.05) is 182 Å². The smallest absolute Gasteiger partial charge is 0.286 e. The molecular weight excluding hydrogens is 942 g/mol. The van der Waals surface area contributed by atoms with Gasteiger partial charge >= 0.3 is 0 Å². The second-order valence-electron chi connectivity index (χ2n) is 18.8. The molecule has 3 aliphatic heterocycles. The van der Waals surface area contributed by atoms with Crippen LogP contribution in [-0.2, 0) is 18.2 Å². The lowest BCUT2D eigenvalue weighted by Crippen LogP contribution is -2.32. The Bertz CT molecular complexity index is 3270. The topological polar surface area (TPSA) is 119 Å². The van der Waals surface area contributed by atoms with Crippen molar-refractivity contribution < 1.29 is 37.5 Å². The first-order chi connectivity index (χ1) is 33.9. The third-order valence-corrected chi connectivity index (χ3v) is 19.9. The normalized spacial score (nSPS) is 20.0. The summed E-state index contributed by atoms with van der Waals surface area (Å²) >= 11 is 0. The highest BCUT2D eigenvalue weighted by Crippen LogP contribution is 2.72. The molecule has 2 N–H and O–H groups in total. The number of allylic oxidation sites excluding steroid dienone is 3. The van der Waals surface area contributed by atoms with Crippen molar-refractivity contribution in [3.05, 3.63) is 198 Å². The number of fused-ring (bicyclic) bond motifs is 6. The highest BCUT2D eigenvalue weighted by molar-refractivity contribution is 7.68. The van der Waals surface area contributed by atoms with Gasteiger partial charge in [0.1, 0.15) is 28.8 Å². The van der Waals surface area contributed by atoms with E-state index in [-0.39, 0.29) is 17.7 Å². The van der Waals surface area contributed by atoms with Gasteiger partial charge in [0.05, 0.1) is 27.7 Å². The van der Waals surface area contributed by atoms with Crippen molar-refractivity contribution in [1.29, 1.82) is 0 Å². The van der Waals surface area contributed by atoms with Gasteiger partial charge in [-0.2, -0.15) is 0 Å². The van der Waals surface area contributed by atoms with E-state index in [2.05, 4.69) is 20.8 Å². The number of rotatable bonds is 7. The van der Waals surface area contributed by atoms with E-state index in [1.807, 2.05) is 175 Å². The van der Waals surface area contributed by atoms with Crippen molar-refractivity contribution in [3.63, 3.8) is 0 Å². The molecule has 0 saturated heterocycles. The van der Waals surface area contributed by atoms with E-state index in [0.29, 0.717) is 50.1 Å². The van der Waals surface area contributed by atoms with Crippen LogP contribution in [0.5, 0.6) is 23.0 Å². The highest BCUT2D eigenvalue weighted by atomic mass is 31.2. The number of hydrogen-bond donors (Lipinski definition) is 2. The second kappa shape index (κ2) is 21.6. The number of hydrogen-bond acceptors (Lipinski definition) is 8. The monoisotopic (exact) mass is 1010 g/mol. The number of phenols is 2. The van der Waals surface area contributed by atoms with Crippen LogP contribution < -0.4 is 25.0 Å². The van der Waals surface area contributed by atoms with Gasteiger partial charge in [-0.3, -0.25) is 13.7 Å². The average molecular weight is 1010 g/mol. The number of aromatic hydroxyl groups is 2. The third kappa shape index (κ3) is 10.4. The molecule has 7 aromatic rings. The first-order valence-electron chi connectivity index (χ1n) is 24.2. The molecule has 0 aromatic heterocycles. The molecule has 4 atom stereocenters. The number of benzene rings is 7. The van der Waals surface area contributed by atoms with Crippen molar-refractivity contribution in [1.82, 2.24) is 0 Å². The fraction of sp³-hybridized carbons (Fsp3) is 0.233. The van der Waals surface area contributed by atoms with Gasteiger partial charge in [-0.15, -0.1) is 0 Å². The van der Waals surface area contributed by atoms with E-state index >= 15 is 4.57 Å². The summed E-state index contributed by atoms with van der Waals surface area (Å²) in [5.74, 6) is 2.63. The van der Waals surface area contributed by atoms with Crippen LogP contribution in [0.3, 0.4) is 0 Å². The Morgan fingerprint density at radius 3 is 1.49 bits per heavy atom. The van der Waals surface area contributed by atoms with Gasteiger partial charge in [-0.05, 0) is 90.1 Å². The van der Waals surface area contributed by atoms with E-state index in [1.54, 1.807) is 49.1 Å². The summed E-state index contributed by atoms with van der Waals surface area (Å²) in [6, 6.07) is 51.9. The Labute approximate surface area is 420 Å². The summed E-state index contributed by atoms with van der Waals surface area (Å²) in [5.41, 5.74) is 5.03. The van der Waals surface area contributed by atoms with Gasteiger partial charge in [0, 0.05) is 34.3 Å². The summed E-state index contributed by atoms with van der Waals surface area (Å²) in [6.07, 6.45) is 2.10. The Hall–Kier alpha value is -6.29. The molecular formula is C60H65O8P3. The summed E-state index contributed by atoms with van der Waals surface area (Å²) in [6.45, 7) is 19.9. The molecule has 8 nitrogen and oxygen atoms in total. The van der Waals surface area contributed by atoms with Crippen LogP contribution in [0.1, 0.15) is 73.5 Å². The van der Waals surface area contributed by atoms with Gasteiger partial charge in [0.15, 0.2) is 0 Å². The predicted molar refractivity (Wildman–Crippen MR) is 295 cm³/mol. The van der Waals surface area contributed by atoms with E-state index in [9.17, 15) is 19.3 Å². The van der Waals surface area contributed by atoms with Crippen molar-refractivity contribution in [3.8, 4) is 56.4 Å². The van der Waals surface area contributed by atoms with Gasteiger partial charge in [0.2, 0.25) is 0 Å². The Morgan fingerprint density at radius 1 is 0.549 bits per heavy atom. The molecule has 11 heteroatoms. The molecule has 0 radical (unpaired) electrons. The number of phenolic OH excluding ortho intramolecular Hbond substituents is 2. The average Bonchev–Trinajstić information content (AvgIpc) is 3.66. The van der Waals surface area contributed by atoms with Crippen LogP contribution in [-0.4, -0.2) is 23.0 Å². The summed E-state index contributed by atoms with van der Waals surface area (Å²) < 4.78 is 62.2.